The molecule has 0 bridgehead atoms. The number of ether oxygens (including phenoxy) is 2. The topological polar surface area (TPSA) is 69.7 Å². The van der Waals surface area contributed by atoms with Gasteiger partial charge in [0.25, 0.3) is 0 Å². The predicted molar refractivity (Wildman–Crippen MR) is 152 cm³/mol. The van der Waals surface area contributed by atoms with Crippen LogP contribution in [0.1, 0.15) is 39.9 Å². The second kappa shape index (κ2) is 20.1. The minimum Gasteiger partial charge on any atom is -0.465 e. The van der Waals surface area contributed by atoms with Crippen molar-refractivity contribution in [3.63, 3.8) is 0 Å². The molecule has 0 aliphatic carbocycles. The number of rotatable bonds is 13. The number of carbonyl (C=O) groups is 3. The molecular weight excluding hydrogens is 593 g/mol. The Kier molecular flexibility index (Phi) is 18.0. The van der Waals surface area contributed by atoms with Crippen LogP contribution in [-0.2, 0) is 58.2 Å². The average Bonchev–Trinajstić information content (AvgIpc) is 2.93. The van der Waals surface area contributed by atoms with Crippen LogP contribution in [0.5, 0.6) is 0 Å². The minimum absolute atomic E-state index is 0. The maximum atomic E-state index is 12.3. The Hall–Kier alpha value is -1.90. The van der Waals surface area contributed by atoms with E-state index >= 15 is 0 Å². The smallest absolute Gasteiger partial charge is 0.308 e. The largest absolute Gasteiger partial charge is 0.465 e. The number of carbonyl (C=O) groups excluding carboxylic acids is 3. The summed E-state index contributed by atoms with van der Waals surface area (Å²) in [5.74, 6) is 1.11. The summed E-state index contributed by atoms with van der Waals surface area (Å²) >= 11 is 0. The summed E-state index contributed by atoms with van der Waals surface area (Å²) in [6.07, 6.45) is 0.330. The molecule has 5 nitrogen and oxygen atoms in total. The normalized spacial score (nSPS) is 10.8. The minimum atomic E-state index is -0.288. The molecule has 3 rings (SSSR count). The van der Waals surface area contributed by atoms with Crippen molar-refractivity contribution in [1.82, 2.24) is 0 Å². The van der Waals surface area contributed by atoms with Crippen LogP contribution in [-0.4, -0.2) is 49.4 Å². The van der Waals surface area contributed by atoms with Gasteiger partial charge in [-0.05, 0) is 11.6 Å². The van der Waals surface area contributed by atoms with E-state index in [1.165, 1.54) is 0 Å². The maximum Gasteiger partial charge on any atom is 0.308 e. The number of esters is 1. The van der Waals surface area contributed by atoms with Crippen molar-refractivity contribution in [3.05, 3.63) is 114 Å². The van der Waals surface area contributed by atoms with E-state index in [9.17, 15) is 14.4 Å². The zero-order valence-corrected chi connectivity index (χ0v) is 26.2. The van der Waals surface area contributed by atoms with Crippen molar-refractivity contribution in [3.8, 4) is 0 Å². The van der Waals surface area contributed by atoms with Crippen molar-refractivity contribution in [2.45, 2.75) is 19.3 Å². The molecule has 0 heterocycles. The molecule has 0 spiro atoms. The summed E-state index contributed by atoms with van der Waals surface area (Å²) in [5.41, 5.74) is 3.02. The van der Waals surface area contributed by atoms with Crippen molar-refractivity contribution >= 4 is 39.1 Å². The van der Waals surface area contributed by atoms with E-state index in [4.69, 9.17) is 9.47 Å². The second-order valence-corrected chi connectivity index (χ2v) is 10.7. The van der Waals surface area contributed by atoms with E-state index in [2.05, 4.69) is 13.0 Å². The van der Waals surface area contributed by atoms with E-state index in [0.717, 1.165) is 29.2 Å². The molecule has 1 radical (unpaired) electrons. The van der Waals surface area contributed by atoms with Crippen molar-refractivity contribution in [2.75, 3.05) is 31.8 Å². The zero-order valence-electron chi connectivity index (χ0n) is 21.8. The molecule has 1 atom stereocenters. The molecule has 0 N–H and O–H groups in total. The molecule has 199 valence electrons. The van der Waals surface area contributed by atoms with Gasteiger partial charge in [0.1, 0.15) is 6.61 Å². The summed E-state index contributed by atoms with van der Waals surface area (Å²) < 4.78 is 10.1. The Bertz CT molecular complexity index is 1110. The molecule has 0 saturated carbocycles. The second-order valence-electron chi connectivity index (χ2n) is 7.95. The van der Waals surface area contributed by atoms with Crippen LogP contribution in [0.4, 0.5) is 0 Å². The van der Waals surface area contributed by atoms with E-state index in [0.29, 0.717) is 24.2 Å². The molecule has 0 fully saturated rings. The number of Topliss-reactive ketones (excluding diaryl/α,β-unsaturated/α-hetero) is 1. The molecule has 0 amide bonds. The Labute approximate surface area is 259 Å². The first-order valence-corrected chi connectivity index (χ1v) is 14.3. The molecule has 0 aliphatic rings. The van der Waals surface area contributed by atoms with Crippen LogP contribution in [0.3, 0.4) is 0 Å². The van der Waals surface area contributed by atoms with Crippen molar-refractivity contribution in [2.24, 2.45) is 0 Å². The van der Waals surface area contributed by atoms with E-state index in [1.54, 1.807) is 78.1 Å². The summed E-state index contributed by atoms with van der Waals surface area (Å²) in [6, 6.07) is 26.5. The van der Waals surface area contributed by atoms with Gasteiger partial charge in [0.05, 0.1) is 6.61 Å². The first-order chi connectivity index (χ1) is 17.9. The van der Waals surface area contributed by atoms with E-state index in [1.807, 2.05) is 36.4 Å². The number of benzene rings is 3. The summed E-state index contributed by atoms with van der Waals surface area (Å²) in [7, 11) is 5.11. The summed E-state index contributed by atoms with van der Waals surface area (Å²) in [5, 5.41) is 0. The first-order valence-electron chi connectivity index (χ1n) is 11.8. The molecule has 1 unspecified atom stereocenters. The summed E-state index contributed by atoms with van der Waals surface area (Å²) in [6.45, 7) is 6.43. The van der Waals surface area contributed by atoms with Crippen LogP contribution in [0.15, 0.2) is 78.9 Å². The Morgan fingerprint density at radius 2 is 1.53 bits per heavy atom. The molecule has 0 saturated heterocycles. The van der Waals surface area contributed by atoms with Crippen LogP contribution < -0.4 is 0 Å². The summed E-state index contributed by atoms with van der Waals surface area (Å²) in [4.78, 5) is 35.1. The third kappa shape index (κ3) is 13.3. The van der Waals surface area contributed by atoms with Gasteiger partial charge in [0, 0.05) is 80.6 Å². The third-order valence-corrected chi connectivity index (χ3v) is 7.52. The van der Waals surface area contributed by atoms with E-state index < -0.39 is 0 Å². The zero-order chi connectivity index (χ0) is 26.9. The number of methoxy groups -OCH3 is 1. The van der Waals surface area contributed by atoms with Gasteiger partial charge in [0.2, 0.25) is 0 Å². The molecule has 0 aliphatic heterocycles. The van der Waals surface area contributed by atoms with Gasteiger partial charge in [-0.15, -0.1) is 5.56 Å². The van der Waals surface area contributed by atoms with Gasteiger partial charge >= 0.3 is 5.97 Å². The van der Waals surface area contributed by atoms with Crippen LogP contribution in [0, 0.1) is 13.0 Å². The van der Waals surface area contributed by atoms with Gasteiger partial charge in [-0.3, -0.25) is 9.59 Å². The number of ketones is 2. The molecule has 3 aromatic carbocycles. The Balaban J connectivity index is 0.000000371. The van der Waals surface area contributed by atoms with Gasteiger partial charge < -0.3 is 21.2 Å². The first kappa shape index (κ1) is 34.1. The monoisotopic (exact) mass is 625 g/mol. The molecule has 38 heavy (non-hydrogen) atoms. The van der Waals surface area contributed by atoms with Crippen LogP contribution in [0.25, 0.3) is 0 Å². The van der Waals surface area contributed by atoms with Crippen molar-refractivity contribution < 1.29 is 56.6 Å². The quantitative estimate of drug-likeness (QED) is 0.0757. The van der Waals surface area contributed by atoms with E-state index in [-0.39, 0.29) is 56.2 Å². The van der Waals surface area contributed by atoms with Gasteiger partial charge in [0.15, 0.2) is 5.78 Å². The predicted octanol–water partition coefficient (Wildman–Crippen LogP) is 6.02. The number of hydrogen-bond acceptors (Lipinski definition) is 7. The third-order valence-electron chi connectivity index (χ3n) is 5.19. The fourth-order valence-corrected chi connectivity index (χ4v) is 4.81. The van der Waals surface area contributed by atoms with Crippen LogP contribution >= 0.6 is 21.6 Å². The molecule has 0 aromatic heterocycles. The molecule has 8 heteroatoms. The van der Waals surface area contributed by atoms with Crippen LogP contribution in [0.2, 0.25) is 0 Å². The van der Waals surface area contributed by atoms with Gasteiger partial charge in [-0.1, -0.05) is 77.0 Å². The average molecular weight is 626 g/mol. The Morgan fingerprint density at radius 1 is 0.895 bits per heavy atom. The SMILES string of the molecule is COCCSSCCOC(=O)Cc1cc[c-]cc1.[CH2-]C(=O)C(C)c1cccc(C(=O)c2ccccc2)c1.[Y]. The van der Waals surface area contributed by atoms with Gasteiger partial charge in [-0.2, -0.15) is 30.3 Å². The standard InChI is InChI=1S/C17H15O2.C13H17O3S2.Y/c1-12(13(2)18)15-9-6-10-16(11-15)17(19)14-7-4-3-5-8-14;1-15-7-9-17-18-10-8-16-13(14)11-12-5-3-2-4-6-12;/h3-12H,2H2,1H3;3-6H,7-11H2,1H3;/q2*-1;. The fraction of sp³-hybridized carbons (Fsp3) is 0.267. The van der Waals surface area contributed by atoms with Gasteiger partial charge in [-0.25, -0.2) is 0 Å². The Morgan fingerprint density at radius 3 is 2.16 bits per heavy atom. The maximum absolute atomic E-state index is 12.3. The number of hydrogen-bond donors (Lipinski definition) is 0. The molecule has 3 aromatic rings. The molecular formula is C30H32O5S2Y-2. The van der Waals surface area contributed by atoms with Crippen molar-refractivity contribution in [1.29, 1.82) is 0 Å². The fourth-order valence-electron chi connectivity index (χ4n) is 3.07.